The van der Waals surface area contributed by atoms with Crippen molar-refractivity contribution in [3.05, 3.63) is 22.8 Å². The Morgan fingerprint density at radius 3 is 3.14 bits per heavy atom. The van der Waals surface area contributed by atoms with Crippen LogP contribution in [0.3, 0.4) is 0 Å². The van der Waals surface area contributed by atoms with Gasteiger partial charge < -0.3 is 9.57 Å². The Kier molecular flexibility index (Phi) is 4.06. The van der Waals surface area contributed by atoms with E-state index in [0.29, 0.717) is 5.88 Å². The lowest BCUT2D eigenvalue weighted by molar-refractivity contribution is -0.132. The maximum atomic E-state index is 10.6. The maximum absolute atomic E-state index is 10.6. The molecular weight excluding hydrogens is 252 g/mol. The zero-order valence-electron chi connectivity index (χ0n) is 7.31. The molecule has 0 amide bonds. The Hall–Kier alpha value is -1.43. The average molecular weight is 259 g/mol. The molecule has 1 aromatic heterocycles. The molecule has 0 saturated heterocycles. The van der Waals surface area contributed by atoms with Gasteiger partial charge in [-0.2, -0.15) is 0 Å². The molecule has 6 heteroatoms. The topological polar surface area (TPSA) is 60.8 Å². The summed E-state index contributed by atoms with van der Waals surface area (Å²) in [5, 5.41) is 3.37. The van der Waals surface area contributed by atoms with Crippen LogP contribution in [0.2, 0.25) is 0 Å². The van der Waals surface area contributed by atoms with Crippen molar-refractivity contribution in [1.82, 2.24) is 4.98 Å². The zero-order chi connectivity index (χ0) is 10.4. The summed E-state index contributed by atoms with van der Waals surface area (Å²) in [7, 11) is 1.26. The Bertz CT molecular complexity index is 354. The second-order valence-electron chi connectivity index (χ2n) is 2.16. The molecule has 0 fully saturated rings. The number of carbonyl (C=O) groups excluding carboxylic acids is 1. The SMILES string of the molecule is COC(=O)/C=N/Oc1cc(Br)ccn1. The van der Waals surface area contributed by atoms with E-state index in [-0.39, 0.29) is 0 Å². The minimum atomic E-state index is -0.583. The van der Waals surface area contributed by atoms with Crippen molar-refractivity contribution < 1.29 is 14.4 Å². The van der Waals surface area contributed by atoms with Gasteiger partial charge in [-0.25, -0.2) is 9.78 Å². The van der Waals surface area contributed by atoms with Crippen LogP contribution in [0, 0.1) is 0 Å². The van der Waals surface area contributed by atoms with Crippen LogP contribution < -0.4 is 4.84 Å². The van der Waals surface area contributed by atoms with Gasteiger partial charge in [-0.3, -0.25) is 0 Å². The van der Waals surface area contributed by atoms with Gasteiger partial charge >= 0.3 is 5.97 Å². The molecule has 0 N–H and O–H groups in total. The molecule has 0 spiro atoms. The number of oxime groups is 1. The molecule has 0 bridgehead atoms. The first-order chi connectivity index (χ1) is 6.72. The van der Waals surface area contributed by atoms with E-state index in [9.17, 15) is 4.79 Å². The largest absolute Gasteiger partial charge is 0.465 e. The van der Waals surface area contributed by atoms with Crippen LogP contribution in [0.4, 0.5) is 0 Å². The molecule has 14 heavy (non-hydrogen) atoms. The molecule has 1 aromatic rings. The van der Waals surface area contributed by atoms with Crippen molar-refractivity contribution >= 4 is 28.1 Å². The normalized spacial score (nSPS) is 10.1. The predicted octanol–water partition coefficient (Wildman–Crippen LogP) is 1.38. The molecule has 74 valence electrons. The molecule has 0 aliphatic heterocycles. The van der Waals surface area contributed by atoms with Crippen molar-refractivity contribution in [1.29, 1.82) is 0 Å². The van der Waals surface area contributed by atoms with Gasteiger partial charge in [0.15, 0.2) is 6.21 Å². The molecule has 0 radical (unpaired) electrons. The Balaban J connectivity index is 2.53. The van der Waals surface area contributed by atoms with Gasteiger partial charge in [-0.1, -0.05) is 21.1 Å². The highest BCUT2D eigenvalue weighted by Crippen LogP contribution is 2.14. The molecular formula is C8H7BrN2O3. The average Bonchev–Trinajstić information content (AvgIpc) is 2.17. The fourth-order valence-corrected chi connectivity index (χ4v) is 0.925. The molecule has 0 atom stereocenters. The minimum Gasteiger partial charge on any atom is -0.465 e. The number of esters is 1. The smallest absolute Gasteiger partial charge is 0.352 e. The molecule has 0 unspecified atom stereocenters. The van der Waals surface area contributed by atoms with Gasteiger partial charge in [0.25, 0.3) is 0 Å². The molecule has 0 aliphatic rings. The van der Waals surface area contributed by atoms with E-state index in [2.05, 4.69) is 30.8 Å². The number of hydrogen-bond donors (Lipinski definition) is 0. The first-order valence-corrected chi connectivity index (χ1v) is 4.41. The molecule has 0 aromatic carbocycles. The number of methoxy groups -OCH3 is 1. The van der Waals surface area contributed by atoms with Crippen molar-refractivity contribution in [2.24, 2.45) is 5.16 Å². The highest BCUT2D eigenvalue weighted by molar-refractivity contribution is 9.10. The fourth-order valence-electron chi connectivity index (χ4n) is 0.611. The first-order valence-electron chi connectivity index (χ1n) is 3.62. The Labute approximate surface area is 88.9 Å². The maximum Gasteiger partial charge on any atom is 0.352 e. The van der Waals surface area contributed by atoms with Gasteiger partial charge in [0, 0.05) is 16.7 Å². The fraction of sp³-hybridized carbons (Fsp3) is 0.125. The lowest BCUT2D eigenvalue weighted by Crippen LogP contribution is -2.02. The summed E-state index contributed by atoms with van der Waals surface area (Å²) >= 11 is 3.23. The number of ether oxygens (including phenoxy) is 1. The van der Waals surface area contributed by atoms with Gasteiger partial charge in [0.1, 0.15) is 0 Å². The standard InChI is InChI=1S/C8H7BrN2O3/c1-13-8(12)5-11-14-7-4-6(9)2-3-10-7/h2-5H,1H3/b11-5+. The van der Waals surface area contributed by atoms with Crippen molar-refractivity contribution in [3.8, 4) is 5.88 Å². The molecule has 1 rings (SSSR count). The molecule has 0 saturated carbocycles. The number of rotatable bonds is 3. The minimum absolute atomic E-state index is 0.291. The summed E-state index contributed by atoms with van der Waals surface area (Å²) in [6, 6.07) is 3.37. The third kappa shape index (κ3) is 3.53. The monoisotopic (exact) mass is 258 g/mol. The van der Waals surface area contributed by atoms with E-state index < -0.39 is 5.97 Å². The van der Waals surface area contributed by atoms with E-state index in [4.69, 9.17) is 4.84 Å². The predicted molar refractivity (Wildman–Crippen MR) is 53.1 cm³/mol. The molecule has 1 heterocycles. The summed E-state index contributed by atoms with van der Waals surface area (Å²) in [6.45, 7) is 0. The van der Waals surface area contributed by atoms with Crippen LogP contribution in [0.15, 0.2) is 28.0 Å². The summed E-state index contributed by atoms with van der Waals surface area (Å²) in [5.74, 6) is -0.292. The quantitative estimate of drug-likeness (QED) is 0.467. The second kappa shape index (κ2) is 5.33. The van der Waals surface area contributed by atoms with E-state index in [1.165, 1.54) is 7.11 Å². The number of hydrogen-bond acceptors (Lipinski definition) is 5. The highest BCUT2D eigenvalue weighted by atomic mass is 79.9. The van der Waals surface area contributed by atoms with E-state index in [1.807, 2.05) is 0 Å². The van der Waals surface area contributed by atoms with Gasteiger partial charge in [-0.15, -0.1) is 0 Å². The van der Waals surface area contributed by atoms with E-state index in [1.54, 1.807) is 18.3 Å². The van der Waals surface area contributed by atoms with Crippen molar-refractivity contribution in [3.63, 3.8) is 0 Å². The van der Waals surface area contributed by atoms with Crippen LogP contribution in [-0.4, -0.2) is 24.3 Å². The third-order valence-corrected chi connectivity index (χ3v) is 1.70. The lowest BCUT2D eigenvalue weighted by atomic mass is 10.5. The highest BCUT2D eigenvalue weighted by Gasteiger charge is 1.96. The van der Waals surface area contributed by atoms with Gasteiger partial charge in [-0.05, 0) is 6.07 Å². The van der Waals surface area contributed by atoms with Crippen LogP contribution >= 0.6 is 15.9 Å². The lowest BCUT2D eigenvalue weighted by Gasteiger charge is -1.96. The first kappa shape index (κ1) is 10.6. The number of nitrogens with zero attached hydrogens (tertiary/aromatic N) is 2. The van der Waals surface area contributed by atoms with Crippen LogP contribution in [0.25, 0.3) is 0 Å². The molecule has 0 aliphatic carbocycles. The molecule has 5 nitrogen and oxygen atoms in total. The third-order valence-electron chi connectivity index (χ3n) is 1.20. The summed E-state index contributed by atoms with van der Waals surface area (Å²) < 4.78 is 5.13. The Morgan fingerprint density at radius 2 is 2.50 bits per heavy atom. The van der Waals surface area contributed by atoms with E-state index >= 15 is 0 Å². The van der Waals surface area contributed by atoms with Gasteiger partial charge in [0.2, 0.25) is 5.88 Å². The summed E-state index contributed by atoms with van der Waals surface area (Å²) in [5.41, 5.74) is 0. The van der Waals surface area contributed by atoms with Crippen molar-refractivity contribution in [2.75, 3.05) is 7.11 Å². The number of carbonyl (C=O) groups is 1. The summed E-state index contributed by atoms with van der Waals surface area (Å²) in [4.78, 5) is 19.2. The van der Waals surface area contributed by atoms with Crippen molar-refractivity contribution in [2.45, 2.75) is 0 Å². The van der Waals surface area contributed by atoms with Crippen LogP contribution in [-0.2, 0) is 9.53 Å². The summed E-state index contributed by atoms with van der Waals surface area (Å²) in [6.07, 6.45) is 2.47. The van der Waals surface area contributed by atoms with Gasteiger partial charge in [0.05, 0.1) is 7.11 Å². The Morgan fingerprint density at radius 1 is 1.71 bits per heavy atom. The van der Waals surface area contributed by atoms with Crippen LogP contribution in [0.5, 0.6) is 5.88 Å². The number of aromatic nitrogens is 1. The number of pyridine rings is 1. The van der Waals surface area contributed by atoms with E-state index in [0.717, 1.165) is 10.7 Å². The zero-order valence-corrected chi connectivity index (χ0v) is 8.89. The second-order valence-corrected chi connectivity index (χ2v) is 3.08. The van der Waals surface area contributed by atoms with Crippen LogP contribution in [0.1, 0.15) is 0 Å². The number of halogens is 1.